The van der Waals surface area contributed by atoms with Crippen LogP contribution in [-0.2, 0) is 11.2 Å². The maximum Gasteiger partial charge on any atom is 0.127 e. The second-order valence-corrected chi connectivity index (χ2v) is 9.06. The average molecular weight is 411 g/mol. The molecule has 2 aliphatic rings. The Balaban J connectivity index is 1.80. The summed E-state index contributed by atoms with van der Waals surface area (Å²) in [4.78, 5) is 0. The fourth-order valence-electron chi connectivity index (χ4n) is 4.84. The molecule has 2 unspecified atom stereocenters. The Morgan fingerprint density at radius 3 is 2.31 bits per heavy atom. The minimum Gasteiger partial charge on any atom is -0.507 e. The third-order valence-electron chi connectivity index (χ3n) is 6.84. The van der Waals surface area contributed by atoms with Crippen LogP contribution in [-0.4, -0.2) is 68.3 Å². The van der Waals surface area contributed by atoms with Crippen LogP contribution in [0, 0.1) is 26.7 Å². The highest BCUT2D eigenvalue weighted by Gasteiger charge is 2.47. The van der Waals surface area contributed by atoms with Gasteiger partial charge in [0.1, 0.15) is 41.5 Å². The maximum atomic E-state index is 10.4. The number of phenolic OH excluding ortho intramolecular Hbond substituents is 1. The van der Waals surface area contributed by atoms with E-state index < -0.39 is 42.7 Å². The molecule has 0 spiro atoms. The van der Waals surface area contributed by atoms with E-state index in [0.29, 0.717) is 12.2 Å². The molecule has 2 aliphatic heterocycles. The van der Waals surface area contributed by atoms with E-state index in [9.17, 15) is 25.5 Å². The lowest BCUT2D eigenvalue weighted by atomic mass is 9.79. The molecule has 0 amide bonds. The van der Waals surface area contributed by atoms with Crippen LogP contribution in [0.1, 0.15) is 48.9 Å². The van der Waals surface area contributed by atoms with Gasteiger partial charge in [-0.1, -0.05) is 6.92 Å². The second-order valence-electron chi connectivity index (χ2n) is 9.06. The normalized spacial score (nSPS) is 35.7. The Kier molecular flexibility index (Phi) is 6.18. The number of fused-ring (bicyclic) bond motifs is 1. The summed E-state index contributed by atoms with van der Waals surface area (Å²) in [5.41, 5.74) is 3.11. The first kappa shape index (κ1) is 22.3. The second kappa shape index (κ2) is 8.04. The Morgan fingerprint density at radius 2 is 1.69 bits per heavy atom. The van der Waals surface area contributed by atoms with Gasteiger partial charge in [0.15, 0.2) is 0 Å². The summed E-state index contributed by atoms with van der Waals surface area (Å²) in [7, 11) is 0. The molecule has 164 valence electrons. The first-order valence-electron chi connectivity index (χ1n) is 10.3. The zero-order valence-electron chi connectivity index (χ0n) is 17.8. The fourth-order valence-corrected chi connectivity index (χ4v) is 4.84. The van der Waals surface area contributed by atoms with Crippen LogP contribution in [0.3, 0.4) is 0 Å². The van der Waals surface area contributed by atoms with E-state index in [1.165, 1.54) is 0 Å². The molecule has 7 atom stereocenters. The van der Waals surface area contributed by atoms with Gasteiger partial charge in [0.05, 0.1) is 12.7 Å². The van der Waals surface area contributed by atoms with Gasteiger partial charge in [0.2, 0.25) is 0 Å². The number of aromatic hydroxyl groups is 1. The van der Waals surface area contributed by atoms with Crippen LogP contribution in [0.15, 0.2) is 0 Å². The quantitative estimate of drug-likeness (QED) is 0.507. The Hall–Kier alpha value is -1.38. The Morgan fingerprint density at radius 1 is 1.03 bits per heavy atom. The van der Waals surface area contributed by atoms with E-state index in [2.05, 4.69) is 0 Å². The molecule has 7 heteroatoms. The first-order chi connectivity index (χ1) is 13.5. The van der Waals surface area contributed by atoms with E-state index in [1.807, 2.05) is 34.6 Å². The highest BCUT2D eigenvalue weighted by atomic mass is 16.5. The lowest BCUT2D eigenvalue weighted by Gasteiger charge is -2.45. The summed E-state index contributed by atoms with van der Waals surface area (Å²) in [6, 6.07) is 0. The number of rotatable bonds is 4. The van der Waals surface area contributed by atoms with Crippen molar-refractivity contribution in [1.29, 1.82) is 0 Å². The Labute approximate surface area is 171 Å². The molecule has 3 rings (SSSR count). The fraction of sp³-hybridized carbons (Fsp3) is 0.727. The van der Waals surface area contributed by atoms with Crippen LogP contribution >= 0.6 is 0 Å². The van der Waals surface area contributed by atoms with Crippen molar-refractivity contribution in [2.45, 2.75) is 90.0 Å². The predicted octanol–water partition coefficient (Wildman–Crippen LogP) is 1.27. The molecule has 0 bridgehead atoms. The van der Waals surface area contributed by atoms with Gasteiger partial charge in [-0.05, 0) is 69.6 Å². The van der Waals surface area contributed by atoms with Gasteiger partial charge in [-0.3, -0.25) is 0 Å². The van der Waals surface area contributed by atoms with Gasteiger partial charge in [0.25, 0.3) is 0 Å². The van der Waals surface area contributed by atoms with Crippen molar-refractivity contribution in [2.24, 2.45) is 5.92 Å². The number of phenols is 1. The zero-order chi connectivity index (χ0) is 21.7. The van der Waals surface area contributed by atoms with Crippen LogP contribution in [0.25, 0.3) is 0 Å². The highest BCUT2D eigenvalue weighted by Crippen LogP contribution is 2.45. The summed E-state index contributed by atoms with van der Waals surface area (Å²) < 4.78 is 12.2. The molecule has 0 aliphatic carbocycles. The average Bonchev–Trinajstić information content (AvgIpc) is 2.68. The minimum atomic E-state index is -1.37. The molecule has 0 aromatic heterocycles. The van der Waals surface area contributed by atoms with Crippen LogP contribution < -0.4 is 4.74 Å². The molecule has 5 N–H and O–H groups in total. The van der Waals surface area contributed by atoms with Gasteiger partial charge in [-0.15, -0.1) is 0 Å². The predicted molar refractivity (Wildman–Crippen MR) is 107 cm³/mol. The van der Waals surface area contributed by atoms with E-state index in [0.717, 1.165) is 40.8 Å². The minimum absolute atomic E-state index is 0.188. The third kappa shape index (κ3) is 3.86. The number of hydrogen-bond donors (Lipinski definition) is 5. The SMILES string of the molecule is Cc1c(C)c2c(c(C)c1O)CCC(C)(CC(C)[C@@H]1O[C@H](CO)[C@@H](O)[C@H](O)[C@H]1O)O2. The Bertz CT molecular complexity index is 762. The molecule has 0 saturated carbocycles. The number of hydrogen-bond acceptors (Lipinski definition) is 7. The van der Waals surface area contributed by atoms with E-state index in [4.69, 9.17) is 9.47 Å². The lowest BCUT2D eigenvalue weighted by molar-refractivity contribution is -0.242. The van der Waals surface area contributed by atoms with Crippen LogP contribution in [0.5, 0.6) is 11.5 Å². The molecule has 1 fully saturated rings. The zero-order valence-corrected chi connectivity index (χ0v) is 17.8. The molecule has 1 aromatic rings. The van der Waals surface area contributed by atoms with E-state index in [1.54, 1.807) is 0 Å². The molecular formula is C22H34O7. The maximum absolute atomic E-state index is 10.4. The monoisotopic (exact) mass is 410 g/mol. The van der Waals surface area contributed by atoms with Gasteiger partial charge in [-0.2, -0.15) is 0 Å². The van der Waals surface area contributed by atoms with Crippen molar-refractivity contribution in [1.82, 2.24) is 0 Å². The summed E-state index contributed by atoms with van der Waals surface area (Å²) >= 11 is 0. The van der Waals surface area contributed by atoms with E-state index >= 15 is 0 Å². The molecule has 2 heterocycles. The molecule has 7 nitrogen and oxygen atoms in total. The van der Waals surface area contributed by atoms with Crippen molar-refractivity contribution >= 4 is 0 Å². The molecule has 0 radical (unpaired) electrons. The third-order valence-corrected chi connectivity index (χ3v) is 6.84. The molecule has 1 aromatic carbocycles. The van der Waals surface area contributed by atoms with Crippen molar-refractivity contribution in [3.05, 3.63) is 22.3 Å². The van der Waals surface area contributed by atoms with Gasteiger partial charge < -0.3 is 35.0 Å². The molecule has 29 heavy (non-hydrogen) atoms. The molecular weight excluding hydrogens is 376 g/mol. The number of aliphatic hydroxyl groups is 4. The number of ether oxygens (including phenoxy) is 2. The topological polar surface area (TPSA) is 120 Å². The largest absolute Gasteiger partial charge is 0.507 e. The van der Waals surface area contributed by atoms with Crippen LogP contribution in [0.4, 0.5) is 0 Å². The number of benzene rings is 1. The summed E-state index contributed by atoms with van der Waals surface area (Å²) in [5.74, 6) is 0.947. The molecule has 1 saturated heterocycles. The number of aliphatic hydroxyl groups excluding tert-OH is 4. The van der Waals surface area contributed by atoms with Crippen molar-refractivity contribution < 1.29 is 35.0 Å². The van der Waals surface area contributed by atoms with E-state index in [-0.39, 0.29) is 5.92 Å². The van der Waals surface area contributed by atoms with Crippen molar-refractivity contribution in [3.8, 4) is 11.5 Å². The standard InChI is InChI=1S/C22H34O7/c1-10(20-19(27)18(26)17(25)15(9-23)28-20)8-22(5)7-6-14-13(4)16(24)11(2)12(3)21(14)29-22/h10,15,17-20,23-27H,6-9H2,1-5H3/t10?,15-,17-,18+,19-,20+,22?/m1/s1. The first-order valence-corrected chi connectivity index (χ1v) is 10.3. The van der Waals surface area contributed by atoms with Gasteiger partial charge in [-0.25, -0.2) is 0 Å². The van der Waals surface area contributed by atoms with Crippen LogP contribution in [0.2, 0.25) is 0 Å². The summed E-state index contributed by atoms with van der Waals surface area (Å²) in [5, 5.41) is 50.3. The summed E-state index contributed by atoms with van der Waals surface area (Å²) in [6.45, 7) is 9.23. The lowest BCUT2D eigenvalue weighted by Crippen LogP contribution is -2.60. The van der Waals surface area contributed by atoms with Crippen molar-refractivity contribution in [2.75, 3.05) is 6.61 Å². The van der Waals surface area contributed by atoms with Crippen molar-refractivity contribution in [3.63, 3.8) is 0 Å². The summed E-state index contributed by atoms with van der Waals surface area (Å²) in [6.07, 6.45) is -3.52. The van der Waals surface area contributed by atoms with Gasteiger partial charge in [0, 0.05) is 5.56 Å². The highest BCUT2D eigenvalue weighted by molar-refractivity contribution is 5.58. The smallest absolute Gasteiger partial charge is 0.127 e. The van der Waals surface area contributed by atoms with Gasteiger partial charge >= 0.3 is 0 Å².